The lowest BCUT2D eigenvalue weighted by Gasteiger charge is -1.88. The molecular weight excluding hydrogens is 142 g/mol. The second-order valence-corrected chi connectivity index (χ2v) is 1.85. The first-order chi connectivity index (χ1) is 5.36. The van der Waals surface area contributed by atoms with Gasteiger partial charge in [0.15, 0.2) is 0 Å². The van der Waals surface area contributed by atoms with Gasteiger partial charge in [-0.25, -0.2) is 4.79 Å². The van der Waals surface area contributed by atoms with Crippen LogP contribution in [0.4, 0.5) is 5.69 Å². The molecule has 0 aliphatic rings. The fourth-order valence-electron chi connectivity index (χ4n) is 0.657. The summed E-state index contributed by atoms with van der Waals surface area (Å²) in [5, 5.41) is 0. The highest BCUT2D eigenvalue weighted by Gasteiger charge is 1.90. The minimum absolute atomic E-state index is 0.440. The van der Waals surface area contributed by atoms with E-state index in [0.29, 0.717) is 11.3 Å². The average molecular weight is 146 g/mol. The molecule has 3 heteroatoms. The quantitative estimate of drug-likeness (QED) is 0.463. The molecule has 0 fully saturated rings. The summed E-state index contributed by atoms with van der Waals surface area (Å²) in [6.07, 6.45) is 3.10. The van der Waals surface area contributed by atoms with Gasteiger partial charge < -0.3 is 0 Å². The number of benzene rings is 1. The number of rotatable bonds is 2. The third kappa shape index (κ3) is 1.85. The van der Waals surface area contributed by atoms with Crippen LogP contribution in [0.15, 0.2) is 29.3 Å². The maximum atomic E-state index is 10.0. The third-order valence-corrected chi connectivity index (χ3v) is 1.16. The molecule has 1 radical (unpaired) electrons. The SMILES string of the molecule is O=[C]c1ccc(N=C=O)cc1. The Morgan fingerprint density at radius 2 is 1.73 bits per heavy atom. The van der Waals surface area contributed by atoms with Crippen molar-refractivity contribution in [2.75, 3.05) is 0 Å². The molecule has 0 atom stereocenters. The van der Waals surface area contributed by atoms with E-state index in [-0.39, 0.29) is 0 Å². The number of nitrogens with zero attached hydrogens (tertiary/aromatic N) is 1. The van der Waals surface area contributed by atoms with Crippen molar-refractivity contribution in [3.8, 4) is 0 Å². The Balaban J connectivity index is 2.99. The molecule has 1 aromatic rings. The number of carbonyl (C=O) groups excluding carboxylic acids is 2. The Labute approximate surface area is 63.4 Å². The molecule has 0 heterocycles. The van der Waals surface area contributed by atoms with Gasteiger partial charge in [-0.15, -0.1) is 0 Å². The van der Waals surface area contributed by atoms with Gasteiger partial charge in [0.2, 0.25) is 12.4 Å². The zero-order valence-corrected chi connectivity index (χ0v) is 5.57. The number of hydrogen-bond acceptors (Lipinski definition) is 3. The minimum Gasteiger partial charge on any atom is -0.285 e. The smallest absolute Gasteiger partial charge is 0.240 e. The molecule has 0 spiro atoms. The highest BCUT2D eigenvalue weighted by atomic mass is 16.1. The van der Waals surface area contributed by atoms with Crippen molar-refractivity contribution >= 4 is 18.1 Å². The van der Waals surface area contributed by atoms with E-state index in [1.165, 1.54) is 18.2 Å². The van der Waals surface area contributed by atoms with Crippen LogP contribution >= 0.6 is 0 Å². The molecule has 0 saturated carbocycles. The second kappa shape index (κ2) is 3.44. The maximum absolute atomic E-state index is 10.0. The second-order valence-electron chi connectivity index (χ2n) is 1.85. The van der Waals surface area contributed by atoms with Crippen LogP contribution in [0.1, 0.15) is 5.56 Å². The lowest BCUT2D eigenvalue weighted by Crippen LogP contribution is -1.75. The topological polar surface area (TPSA) is 46.5 Å². The van der Waals surface area contributed by atoms with Crippen LogP contribution in [0.2, 0.25) is 0 Å². The molecule has 0 amide bonds. The van der Waals surface area contributed by atoms with Gasteiger partial charge in [0.25, 0.3) is 0 Å². The van der Waals surface area contributed by atoms with Crippen molar-refractivity contribution in [1.82, 2.24) is 0 Å². The van der Waals surface area contributed by atoms with Crippen molar-refractivity contribution in [2.24, 2.45) is 4.99 Å². The van der Waals surface area contributed by atoms with E-state index in [1.54, 1.807) is 18.4 Å². The largest absolute Gasteiger partial charge is 0.285 e. The Morgan fingerprint density at radius 1 is 1.09 bits per heavy atom. The van der Waals surface area contributed by atoms with Gasteiger partial charge in [-0.05, 0) is 24.3 Å². The van der Waals surface area contributed by atoms with Crippen molar-refractivity contribution in [2.45, 2.75) is 0 Å². The molecular formula is C8H4NO2. The summed E-state index contributed by atoms with van der Waals surface area (Å²) < 4.78 is 0. The lowest BCUT2D eigenvalue weighted by molar-refractivity contribution is 0.562. The van der Waals surface area contributed by atoms with Crippen LogP contribution in [-0.4, -0.2) is 12.4 Å². The molecule has 0 unspecified atom stereocenters. The first-order valence-corrected chi connectivity index (χ1v) is 2.93. The molecule has 1 rings (SSSR count). The van der Waals surface area contributed by atoms with Gasteiger partial charge in [-0.2, -0.15) is 4.99 Å². The fourth-order valence-corrected chi connectivity index (χ4v) is 0.657. The van der Waals surface area contributed by atoms with Gasteiger partial charge in [-0.1, -0.05) is 0 Å². The van der Waals surface area contributed by atoms with Crippen molar-refractivity contribution in [1.29, 1.82) is 0 Å². The van der Waals surface area contributed by atoms with Crippen molar-refractivity contribution < 1.29 is 9.59 Å². The summed E-state index contributed by atoms with van der Waals surface area (Å²) in [5.74, 6) is 0. The van der Waals surface area contributed by atoms with Crippen molar-refractivity contribution in [3.63, 3.8) is 0 Å². The Hall–Kier alpha value is -1.73. The summed E-state index contributed by atoms with van der Waals surface area (Å²) in [5.41, 5.74) is 0.925. The molecule has 0 aliphatic heterocycles. The van der Waals surface area contributed by atoms with E-state index in [4.69, 9.17) is 0 Å². The minimum atomic E-state index is 0.440. The van der Waals surface area contributed by atoms with Gasteiger partial charge >= 0.3 is 0 Å². The molecule has 3 nitrogen and oxygen atoms in total. The standard InChI is InChI=1S/C8H4NO2/c10-5-7-1-3-8(4-2-7)9-6-11/h1-4H. The van der Waals surface area contributed by atoms with E-state index < -0.39 is 0 Å². The fraction of sp³-hybridized carbons (Fsp3) is 0. The maximum Gasteiger partial charge on any atom is 0.240 e. The number of aliphatic imine (C=N–C) groups is 1. The molecule has 0 aromatic heterocycles. The van der Waals surface area contributed by atoms with E-state index in [1.807, 2.05) is 0 Å². The first-order valence-electron chi connectivity index (χ1n) is 2.93. The number of hydrogen-bond donors (Lipinski definition) is 0. The van der Waals surface area contributed by atoms with Gasteiger partial charge in [0.1, 0.15) is 0 Å². The molecule has 0 bridgehead atoms. The van der Waals surface area contributed by atoms with Gasteiger partial charge in [0, 0.05) is 5.56 Å². The molecule has 11 heavy (non-hydrogen) atoms. The van der Waals surface area contributed by atoms with E-state index in [0.717, 1.165) is 0 Å². The van der Waals surface area contributed by atoms with Crippen LogP contribution in [0.25, 0.3) is 0 Å². The van der Waals surface area contributed by atoms with Crippen LogP contribution in [0.3, 0.4) is 0 Å². The summed E-state index contributed by atoms with van der Waals surface area (Å²) in [4.78, 5) is 23.1. The van der Waals surface area contributed by atoms with Crippen LogP contribution in [-0.2, 0) is 9.59 Å². The monoisotopic (exact) mass is 146 g/mol. The average Bonchev–Trinajstić information content (AvgIpc) is 2.07. The van der Waals surface area contributed by atoms with Crippen LogP contribution < -0.4 is 0 Å². The Bertz CT molecular complexity index is 296. The summed E-state index contributed by atoms with van der Waals surface area (Å²) in [6, 6.07) is 6.16. The van der Waals surface area contributed by atoms with E-state index >= 15 is 0 Å². The molecule has 53 valence electrons. The predicted molar refractivity (Wildman–Crippen MR) is 39.0 cm³/mol. The van der Waals surface area contributed by atoms with Crippen LogP contribution in [0, 0.1) is 0 Å². The Morgan fingerprint density at radius 3 is 2.18 bits per heavy atom. The summed E-state index contributed by atoms with van der Waals surface area (Å²) in [6.45, 7) is 0. The first kappa shape index (κ1) is 7.38. The zero-order valence-electron chi connectivity index (χ0n) is 5.57. The molecule has 0 N–H and O–H groups in total. The highest BCUT2D eigenvalue weighted by molar-refractivity contribution is 5.76. The highest BCUT2D eigenvalue weighted by Crippen LogP contribution is 2.10. The lowest BCUT2D eigenvalue weighted by atomic mass is 10.2. The third-order valence-electron chi connectivity index (χ3n) is 1.16. The molecule has 0 saturated heterocycles. The van der Waals surface area contributed by atoms with Gasteiger partial charge in [-0.3, -0.25) is 4.79 Å². The van der Waals surface area contributed by atoms with E-state index in [9.17, 15) is 9.59 Å². The normalized spacial score (nSPS) is 8.36. The van der Waals surface area contributed by atoms with E-state index in [2.05, 4.69) is 4.99 Å². The zero-order chi connectivity index (χ0) is 8.10. The molecule has 1 aromatic carbocycles. The van der Waals surface area contributed by atoms with Crippen LogP contribution in [0.5, 0.6) is 0 Å². The Kier molecular flexibility index (Phi) is 2.31. The summed E-state index contributed by atoms with van der Waals surface area (Å²) in [7, 11) is 0. The van der Waals surface area contributed by atoms with Crippen molar-refractivity contribution in [3.05, 3.63) is 29.8 Å². The predicted octanol–water partition coefficient (Wildman–Crippen LogP) is 1.11. The summed E-state index contributed by atoms with van der Waals surface area (Å²) >= 11 is 0. The molecule has 0 aliphatic carbocycles. The number of isocyanates is 1. The van der Waals surface area contributed by atoms with Gasteiger partial charge in [0.05, 0.1) is 5.69 Å².